The van der Waals surface area contributed by atoms with Crippen molar-refractivity contribution in [3.8, 4) is 0 Å². The van der Waals surface area contributed by atoms with Crippen molar-refractivity contribution in [1.29, 1.82) is 0 Å². The molecule has 0 fully saturated rings. The highest BCUT2D eigenvalue weighted by molar-refractivity contribution is 7.61. The molecule has 0 aliphatic rings. The molecule has 0 aromatic heterocycles. The van der Waals surface area contributed by atoms with Crippen LogP contribution < -0.4 is 0 Å². The summed E-state index contributed by atoms with van der Waals surface area (Å²) in [6, 6.07) is 0. The van der Waals surface area contributed by atoms with Crippen molar-refractivity contribution in [3.63, 3.8) is 0 Å². The van der Waals surface area contributed by atoms with Gasteiger partial charge in [-0.15, -0.1) is 11.6 Å². The number of halogens is 1. The molecule has 0 rings (SSSR count). The largest absolute Gasteiger partial charge is 0.538 e. The third kappa shape index (κ3) is 6.56. The van der Waals surface area contributed by atoms with Crippen molar-refractivity contribution in [2.45, 2.75) is 0 Å². The van der Waals surface area contributed by atoms with Gasteiger partial charge in [-0.1, -0.05) is 6.58 Å². The van der Waals surface area contributed by atoms with E-state index in [0.717, 1.165) is 0 Å². The van der Waals surface area contributed by atoms with Crippen LogP contribution in [-0.4, -0.2) is 22.3 Å². The Morgan fingerprint density at radius 2 is 2.00 bits per heavy atom. The number of hydrogen-bond donors (Lipinski definition) is 2. The van der Waals surface area contributed by atoms with E-state index in [-0.39, 0.29) is 12.5 Å². The Morgan fingerprint density at radius 1 is 1.43 bits per heavy atom. The Hall–Kier alpha value is 0.130. The number of phosphoric acid groups is 2. The molecule has 0 aliphatic heterocycles. The zero-order chi connectivity index (χ0) is 11.2. The molecular formula is C4H9ClO7P2. The van der Waals surface area contributed by atoms with Crippen LogP contribution in [-0.2, 0) is 22.5 Å². The normalized spacial score (nSPS) is 15.9. The summed E-state index contributed by atoms with van der Waals surface area (Å²) in [6.45, 7) is 2.80. The Kier molecular flexibility index (Phi) is 5.93. The summed E-state index contributed by atoms with van der Waals surface area (Å²) in [4.78, 5) is 16.7. The lowest BCUT2D eigenvalue weighted by molar-refractivity contribution is 0.178. The molecule has 1 atom stereocenters. The van der Waals surface area contributed by atoms with Gasteiger partial charge in [0.1, 0.15) is 0 Å². The van der Waals surface area contributed by atoms with Gasteiger partial charge in [0, 0.05) is 5.88 Å². The molecule has 0 aromatic carbocycles. The van der Waals surface area contributed by atoms with E-state index >= 15 is 0 Å². The van der Waals surface area contributed by atoms with Gasteiger partial charge in [0.15, 0.2) is 0 Å². The minimum absolute atomic E-state index is 0.0327. The molecule has 0 aromatic rings. The second-order valence-electron chi connectivity index (χ2n) is 1.81. The molecule has 1 unspecified atom stereocenters. The molecule has 0 amide bonds. The second kappa shape index (κ2) is 5.88. The predicted octanol–water partition coefficient (Wildman–Crippen LogP) is 1.62. The van der Waals surface area contributed by atoms with Gasteiger partial charge in [-0.05, 0) is 0 Å². The lowest BCUT2D eigenvalue weighted by Crippen LogP contribution is -1.98. The fourth-order valence-electron chi connectivity index (χ4n) is 0.441. The molecule has 0 radical (unpaired) electrons. The molecular weight excluding hydrogens is 257 g/mol. The standard InChI is InChI=1S/C4H9ClO7P2/c1-2-10-14(9,11-4-3-5)12-13(6,7)8/h2H,1,3-4H2,(H2,6,7,8). The molecule has 7 nitrogen and oxygen atoms in total. The van der Waals surface area contributed by atoms with Crippen molar-refractivity contribution < 1.29 is 32.3 Å². The summed E-state index contributed by atoms with van der Waals surface area (Å²) in [7, 11) is -9.28. The van der Waals surface area contributed by atoms with Crippen LogP contribution in [0, 0.1) is 0 Å². The molecule has 0 bridgehead atoms. The van der Waals surface area contributed by atoms with Crippen LogP contribution in [0.5, 0.6) is 0 Å². The van der Waals surface area contributed by atoms with Gasteiger partial charge in [-0.2, -0.15) is 4.31 Å². The first kappa shape index (κ1) is 14.1. The van der Waals surface area contributed by atoms with Gasteiger partial charge in [0.2, 0.25) is 0 Å². The van der Waals surface area contributed by atoms with E-state index in [1.807, 2.05) is 0 Å². The second-order valence-corrected chi connectivity index (χ2v) is 5.19. The molecule has 14 heavy (non-hydrogen) atoms. The molecule has 0 saturated carbocycles. The topological polar surface area (TPSA) is 102 Å². The van der Waals surface area contributed by atoms with Gasteiger partial charge in [-0.3, -0.25) is 4.52 Å². The van der Waals surface area contributed by atoms with Crippen LogP contribution in [0.15, 0.2) is 12.8 Å². The Balaban J connectivity index is 4.47. The third-order valence-electron chi connectivity index (χ3n) is 0.737. The van der Waals surface area contributed by atoms with Crippen LogP contribution in [0.4, 0.5) is 0 Å². The molecule has 10 heteroatoms. The van der Waals surface area contributed by atoms with E-state index in [1.54, 1.807) is 0 Å². The first-order valence-electron chi connectivity index (χ1n) is 3.20. The van der Waals surface area contributed by atoms with Crippen LogP contribution in [0.1, 0.15) is 0 Å². The van der Waals surface area contributed by atoms with Crippen LogP contribution in [0.2, 0.25) is 0 Å². The highest BCUT2D eigenvalue weighted by Crippen LogP contribution is 2.61. The first-order valence-corrected chi connectivity index (χ1v) is 6.72. The molecule has 0 heterocycles. The Morgan fingerprint density at radius 3 is 2.36 bits per heavy atom. The predicted molar refractivity (Wildman–Crippen MR) is 48.7 cm³/mol. The molecule has 84 valence electrons. The van der Waals surface area contributed by atoms with Crippen LogP contribution in [0.25, 0.3) is 0 Å². The SMILES string of the molecule is C=COP(=O)(OCCCl)OP(=O)(O)O. The number of rotatable bonds is 7. The number of phosphoric ester groups is 1. The average molecular weight is 267 g/mol. The fraction of sp³-hybridized carbons (Fsp3) is 0.500. The minimum Gasteiger partial charge on any atom is -0.412 e. The van der Waals surface area contributed by atoms with Crippen molar-refractivity contribution >= 4 is 27.2 Å². The van der Waals surface area contributed by atoms with Gasteiger partial charge < -0.3 is 14.3 Å². The maximum Gasteiger partial charge on any atom is 0.538 e. The highest BCUT2D eigenvalue weighted by Gasteiger charge is 2.36. The maximum atomic E-state index is 11.3. The monoisotopic (exact) mass is 266 g/mol. The van der Waals surface area contributed by atoms with Gasteiger partial charge >= 0.3 is 15.6 Å². The first-order chi connectivity index (χ1) is 6.33. The fourth-order valence-corrected chi connectivity index (χ4v) is 2.57. The average Bonchev–Trinajstić information content (AvgIpc) is 1.98. The van der Waals surface area contributed by atoms with Crippen molar-refractivity contribution in [2.24, 2.45) is 0 Å². The summed E-state index contributed by atoms with van der Waals surface area (Å²) in [5, 5.41) is 0. The van der Waals surface area contributed by atoms with E-state index in [0.29, 0.717) is 6.26 Å². The Labute approximate surface area is 85.5 Å². The zero-order valence-electron chi connectivity index (χ0n) is 6.91. The van der Waals surface area contributed by atoms with Gasteiger partial charge in [0.05, 0.1) is 12.9 Å². The van der Waals surface area contributed by atoms with E-state index < -0.39 is 15.6 Å². The van der Waals surface area contributed by atoms with Crippen molar-refractivity contribution in [2.75, 3.05) is 12.5 Å². The molecule has 2 N–H and O–H groups in total. The maximum absolute atomic E-state index is 11.3. The lowest BCUT2D eigenvalue weighted by atomic mass is 10.9. The molecule has 0 spiro atoms. The lowest BCUT2D eigenvalue weighted by Gasteiger charge is -2.15. The number of hydrogen-bond acceptors (Lipinski definition) is 5. The van der Waals surface area contributed by atoms with Gasteiger partial charge in [0.25, 0.3) is 0 Å². The van der Waals surface area contributed by atoms with Crippen LogP contribution >= 0.6 is 27.2 Å². The smallest absolute Gasteiger partial charge is 0.412 e. The van der Waals surface area contributed by atoms with E-state index in [4.69, 9.17) is 21.4 Å². The zero-order valence-corrected chi connectivity index (χ0v) is 9.45. The minimum atomic E-state index is -4.96. The van der Waals surface area contributed by atoms with Crippen molar-refractivity contribution in [3.05, 3.63) is 12.8 Å². The van der Waals surface area contributed by atoms with E-state index in [9.17, 15) is 9.13 Å². The van der Waals surface area contributed by atoms with Crippen molar-refractivity contribution in [1.82, 2.24) is 0 Å². The quantitative estimate of drug-likeness (QED) is 0.410. The van der Waals surface area contributed by atoms with E-state index in [1.165, 1.54) is 0 Å². The summed E-state index contributed by atoms with van der Waals surface area (Å²) in [6.07, 6.45) is 0.685. The third-order valence-corrected chi connectivity index (χ3v) is 3.45. The van der Waals surface area contributed by atoms with Crippen LogP contribution in [0.3, 0.4) is 0 Å². The Bertz CT molecular complexity index is 273. The summed E-state index contributed by atoms with van der Waals surface area (Å²) < 4.78 is 34.1. The van der Waals surface area contributed by atoms with Gasteiger partial charge in [-0.25, -0.2) is 9.13 Å². The molecule has 0 saturated heterocycles. The highest BCUT2D eigenvalue weighted by atomic mass is 35.5. The molecule has 0 aliphatic carbocycles. The number of alkyl halides is 1. The summed E-state index contributed by atoms with van der Waals surface area (Å²) >= 11 is 5.20. The summed E-state index contributed by atoms with van der Waals surface area (Å²) in [5.41, 5.74) is 0. The summed E-state index contributed by atoms with van der Waals surface area (Å²) in [5.74, 6) is -0.0327. The van der Waals surface area contributed by atoms with E-state index in [2.05, 4.69) is 19.9 Å².